The maximum Gasteiger partial charge on any atom is 0.223 e. The second kappa shape index (κ2) is 10.1. The van der Waals surface area contributed by atoms with E-state index in [2.05, 4.69) is 22.8 Å². The molecule has 2 aromatic rings. The van der Waals surface area contributed by atoms with Gasteiger partial charge in [-0.05, 0) is 75.0 Å². The molecule has 0 bridgehead atoms. The summed E-state index contributed by atoms with van der Waals surface area (Å²) < 4.78 is 5.77. The first-order valence-electron chi connectivity index (χ1n) is 10.4. The number of carbonyl (C=O) groups excluding carboxylic acids is 1. The standard InChI is InChI=1S/C24H29N3O2/c1-3-29-23-13-10-20(18-6-4-17(15-25)5-7-18)14-21(23)16-27-24(28)19-8-11-22(26-2)12-9-19/h4-7,10,13-14,19,22,26H,3,8-9,11-12,16H2,1-2H3,(H,27,28). The summed E-state index contributed by atoms with van der Waals surface area (Å²) >= 11 is 0. The molecule has 0 saturated heterocycles. The highest BCUT2D eigenvalue weighted by Crippen LogP contribution is 2.28. The van der Waals surface area contributed by atoms with Gasteiger partial charge in [-0.15, -0.1) is 0 Å². The summed E-state index contributed by atoms with van der Waals surface area (Å²) in [7, 11) is 1.99. The van der Waals surface area contributed by atoms with E-state index in [4.69, 9.17) is 10.00 Å². The lowest BCUT2D eigenvalue weighted by Crippen LogP contribution is -2.37. The highest BCUT2D eigenvalue weighted by atomic mass is 16.5. The topological polar surface area (TPSA) is 74.1 Å². The van der Waals surface area contributed by atoms with Gasteiger partial charge in [0, 0.05) is 24.1 Å². The maximum atomic E-state index is 12.7. The molecule has 1 saturated carbocycles. The average Bonchev–Trinajstić information content (AvgIpc) is 2.78. The van der Waals surface area contributed by atoms with Crippen LogP contribution in [0.25, 0.3) is 11.1 Å². The number of nitriles is 1. The van der Waals surface area contributed by atoms with E-state index >= 15 is 0 Å². The van der Waals surface area contributed by atoms with Gasteiger partial charge in [0.2, 0.25) is 5.91 Å². The highest BCUT2D eigenvalue weighted by molar-refractivity contribution is 5.79. The van der Waals surface area contributed by atoms with Crippen molar-refractivity contribution in [3.63, 3.8) is 0 Å². The van der Waals surface area contributed by atoms with Gasteiger partial charge in [0.1, 0.15) is 5.75 Å². The summed E-state index contributed by atoms with van der Waals surface area (Å²) in [6.07, 6.45) is 3.96. The van der Waals surface area contributed by atoms with Crippen molar-refractivity contribution < 1.29 is 9.53 Å². The average molecular weight is 392 g/mol. The van der Waals surface area contributed by atoms with Crippen molar-refractivity contribution in [3.05, 3.63) is 53.6 Å². The number of rotatable bonds is 7. The lowest BCUT2D eigenvalue weighted by Gasteiger charge is -2.27. The number of hydrogen-bond acceptors (Lipinski definition) is 4. The van der Waals surface area contributed by atoms with Crippen LogP contribution in [0.1, 0.15) is 43.7 Å². The summed E-state index contributed by atoms with van der Waals surface area (Å²) in [6, 6.07) is 16.2. The Labute approximate surface area is 173 Å². The normalized spacial score (nSPS) is 18.7. The van der Waals surface area contributed by atoms with Gasteiger partial charge < -0.3 is 15.4 Å². The molecule has 0 heterocycles. The van der Waals surface area contributed by atoms with Crippen molar-refractivity contribution in [2.45, 2.75) is 45.2 Å². The molecule has 2 N–H and O–H groups in total. The Morgan fingerprint density at radius 3 is 2.41 bits per heavy atom. The van der Waals surface area contributed by atoms with Crippen molar-refractivity contribution in [3.8, 4) is 22.9 Å². The fraction of sp³-hybridized carbons (Fsp3) is 0.417. The molecule has 3 rings (SSSR count). The van der Waals surface area contributed by atoms with E-state index in [1.54, 1.807) is 0 Å². The lowest BCUT2D eigenvalue weighted by molar-refractivity contribution is -0.126. The van der Waals surface area contributed by atoms with Gasteiger partial charge >= 0.3 is 0 Å². The molecule has 0 radical (unpaired) electrons. The molecule has 0 spiro atoms. The highest BCUT2D eigenvalue weighted by Gasteiger charge is 2.25. The molecule has 1 aliphatic rings. The first-order chi connectivity index (χ1) is 14.1. The first-order valence-corrected chi connectivity index (χ1v) is 10.4. The molecular weight excluding hydrogens is 362 g/mol. The lowest BCUT2D eigenvalue weighted by atomic mass is 9.85. The van der Waals surface area contributed by atoms with Crippen LogP contribution in [0.15, 0.2) is 42.5 Å². The monoisotopic (exact) mass is 391 g/mol. The van der Waals surface area contributed by atoms with Crippen molar-refractivity contribution in [1.82, 2.24) is 10.6 Å². The molecule has 1 fully saturated rings. The number of hydrogen-bond donors (Lipinski definition) is 2. The minimum atomic E-state index is 0.0943. The minimum Gasteiger partial charge on any atom is -0.494 e. The summed E-state index contributed by atoms with van der Waals surface area (Å²) in [5.74, 6) is 1.02. The predicted octanol–water partition coefficient (Wildman–Crippen LogP) is 4.02. The van der Waals surface area contributed by atoms with Crippen molar-refractivity contribution in [1.29, 1.82) is 5.26 Å². The number of benzene rings is 2. The molecule has 1 amide bonds. The Morgan fingerprint density at radius 2 is 1.79 bits per heavy atom. The van der Waals surface area contributed by atoms with E-state index in [1.165, 1.54) is 0 Å². The third kappa shape index (κ3) is 5.36. The fourth-order valence-electron chi connectivity index (χ4n) is 3.90. The molecule has 5 heteroatoms. The predicted molar refractivity (Wildman–Crippen MR) is 114 cm³/mol. The Kier molecular flexibility index (Phi) is 7.26. The number of nitrogens with one attached hydrogen (secondary N) is 2. The quantitative estimate of drug-likeness (QED) is 0.748. The van der Waals surface area contributed by atoms with Crippen LogP contribution in [0.5, 0.6) is 5.75 Å². The van der Waals surface area contributed by atoms with Crippen molar-refractivity contribution in [2.24, 2.45) is 5.92 Å². The Balaban J connectivity index is 1.71. The molecule has 2 aromatic carbocycles. The van der Waals surface area contributed by atoms with Crippen LogP contribution in [0.2, 0.25) is 0 Å². The van der Waals surface area contributed by atoms with Gasteiger partial charge in [-0.3, -0.25) is 4.79 Å². The van der Waals surface area contributed by atoms with Gasteiger partial charge in [-0.25, -0.2) is 0 Å². The molecule has 29 heavy (non-hydrogen) atoms. The number of nitrogens with zero attached hydrogens (tertiary/aromatic N) is 1. The zero-order valence-electron chi connectivity index (χ0n) is 17.2. The van der Waals surface area contributed by atoms with Crippen LogP contribution in [-0.2, 0) is 11.3 Å². The van der Waals surface area contributed by atoms with E-state index in [9.17, 15) is 4.79 Å². The SMILES string of the molecule is CCOc1ccc(-c2ccc(C#N)cc2)cc1CNC(=O)C1CCC(NC)CC1. The van der Waals surface area contributed by atoms with E-state index in [-0.39, 0.29) is 11.8 Å². The Bertz CT molecular complexity index is 863. The fourth-order valence-corrected chi connectivity index (χ4v) is 3.90. The van der Waals surface area contributed by atoms with E-state index in [0.717, 1.165) is 48.1 Å². The minimum absolute atomic E-state index is 0.0943. The van der Waals surface area contributed by atoms with Gasteiger partial charge in [-0.2, -0.15) is 5.26 Å². The zero-order valence-corrected chi connectivity index (χ0v) is 17.2. The molecule has 0 atom stereocenters. The number of carbonyl (C=O) groups is 1. The van der Waals surface area contributed by atoms with Crippen molar-refractivity contribution in [2.75, 3.05) is 13.7 Å². The first kappa shape index (κ1) is 20.9. The molecule has 0 unspecified atom stereocenters. The third-order valence-electron chi connectivity index (χ3n) is 5.67. The van der Waals surface area contributed by atoms with Crippen LogP contribution < -0.4 is 15.4 Å². The van der Waals surface area contributed by atoms with E-state index < -0.39 is 0 Å². The third-order valence-corrected chi connectivity index (χ3v) is 5.67. The smallest absolute Gasteiger partial charge is 0.223 e. The van der Waals surface area contributed by atoms with E-state index in [0.29, 0.717) is 24.8 Å². The molecule has 0 aromatic heterocycles. The van der Waals surface area contributed by atoms with E-state index in [1.807, 2.05) is 50.4 Å². The molecule has 0 aliphatic heterocycles. The molecule has 152 valence electrons. The van der Waals surface area contributed by atoms with Crippen LogP contribution >= 0.6 is 0 Å². The Hall–Kier alpha value is -2.84. The van der Waals surface area contributed by atoms with Crippen LogP contribution in [0.3, 0.4) is 0 Å². The molecular formula is C24H29N3O2. The van der Waals surface area contributed by atoms with Gasteiger partial charge in [-0.1, -0.05) is 18.2 Å². The largest absolute Gasteiger partial charge is 0.494 e. The van der Waals surface area contributed by atoms with Crippen molar-refractivity contribution >= 4 is 5.91 Å². The zero-order chi connectivity index (χ0) is 20.6. The van der Waals surface area contributed by atoms with Crippen LogP contribution in [0, 0.1) is 17.2 Å². The van der Waals surface area contributed by atoms with Crippen LogP contribution in [-0.4, -0.2) is 25.6 Å². The molecule has 1 aliphatic carbocycles. The second-order valence-corrected chi connectivity index (χ2v) is 7.50. The van der Waals surface area contributed by atoms with Gasteiger partial charge in [0.25, 0.3) is 0 Å². The summed E-state index contributed by atoms with van der Waals surface area (Å²) in [6.45, 7) is 2.98. The second-order valence-electron chi connectivity index (χ2n) is 7.50. The van der Waals surface area contributed by atoms with Gasteiger partial charge in [0.05, 0.1) is 18.2 Å². The Morgan fingerprint density at radius 1 is 1.10 bits per heavy atom. The molecule has 5 nitrogen and oxygen atoms in total. The summed E-state index contributed by atoms with van der Waals surface area (Å²) in [4.78, 5) is 12.7. The summed E-state index contributed by atoms with van der Waals surface area (Å²) in [5, 5.41) is 15.4. The van der Waals surface area contributed by atoms with Gasteiger partial charge in [0.15, 0.2) is 0 Å². The number of amides is 1. The summed E-state index contributed by atoms with van der Waals surface area (Å²) in [5.41, 5.74) is 3.67. The number of ether oxygens (including phenoxy) is 1. The van der Waals surface area contributed by atoms with Crippen LogP contribution in [0.4, 0.5) is 0 Å². The maximum absolute atomic E-state index is 12.7.